The van der Waals surface area contributed by atoms with Gasteiger partial charge in [0.2, 0.25) is 0 Å². The second-order valence-corrected chi connectivity index (χ2v) is 4.86. The molecule has 0 spiro atoms. The molecule has 0 N–H and O–H groups in total. The van der Waals surface area contributed by atoms with E-state index in [1.807, 2.05) is 0 Å². The van der Waals surface area contributed by atoms with Gasteiger partial charge in [0.15, 0.2) is 5.78 Å². The Balaban J connectivity index is 2.93. The van der Waals surface area contributed by atoms with Crippen molar-refractivity contribution < 1.29 is 14.3 Å². The Labute approximate surface area is 103 Å². The molecule has 5 heteroatoms. The van der Waals surface area contributed by atoms with E-state index in [1.165, 1.54) is 10.8 Å². The largest absolute Gasteiger partial charge is 0.443 e. The maximum atomic E-state index is 11.7. The van der Waals surface area contributed by atoms with Crippen LogP contribution in [-0.2, 0) is 4.74 Å². The van der Waals surface area contributed by atoms with Gasteiger partial charge in [-0.1, -0.05) is 15.9 Å². The van der Waals surface area contributed by atoms with E-state index in [0.29, 0.717) is 5.69 Å². The molecule has 0 saturated carbocycles. The lowest BCUT2D eigenvalue weighted by Gasteiger charge is -2.20. The predicted octanol–water partition coefficient (Wildman–Crippen LogP) is 2.85. The first-order chi connectivity index (χ1) is 7.35. The van der Waals surface area contributed by atoms with Gasteiger partial charge >= 0.3 is 6.09 Å². The van der Waals surface area contributed by atoms with Gasteiger partial charge in [0.05, 0.1) is 11.0 Å². The van der Waals surface area contributed by atoms with Crippen LogP contribution in [0.1, 0.15) is 31.3 Å². The van der Waals surface area contributed by atoms with E-state index < -0.39 is 11.7 Å². The molecule has 1 aromatic heterocycles. The molecule has 0 fully saturated rings. The second-order valence-electron chi connectivity index (χ2n) is 4.30. The van der Waals surface area contributed by atoms with Crippen molar-refractivity contribution in [3.8, 4) is 0 Å². The maximum absolute atomic E-state index is 11.7. The minimum atomic E-state index is -0.573. The van der Waals surface area contributed by atoms with Crippen molar-refractivity contribution in [2.75, 3.05) is 5.33 Å². The summed E-state index contributed by atoms with van der Waals surface area (Å²) in [5, 5.41) is 0.180. The number of nitrogens with zero attached hydrogens (tertiary/aromatic N) is 1. The van der Waals surface area contributed by atoms with Crippen LogP contribution < -0.4 is 0 Å². The highest BCUT2D eigenvalue weighted by molar-refractivity contribution is 9.09. The van der Waals surface area contributed by atoms with E-state index in [4.69, 9.17) is 4.74 Å². The predicted molar refractivity (Wildman–Crippen MR) is 64.2 cm³/mol. The quantitative estimate of drug-likeness (QED) is 0.621. The number of carbonyl (C=O) groups excluding carboxylic acids is 2. The van der Waals surface area contributed by atoms with Crippen LogP contribution in [-0.4, -0.2) is 27.4 Å². The summed E-state index contributed by atoms with van der Waals surface area (Å²) in [6.45, 7) is 5.33. The van der Waals surface area contributed by atoms with E-state index in [2.05, 4.69) is 15.9 Å². The Bertz CT molecular complexity index is 404. The Morgan fingerprint density at radius 2 is 2.06 bits per heavy atom. The molecule has 88 valence electrons. The Morgan fingerprint density at radius 1 is 1.44 bits per heavy atom. The topological polar surface area (TPSA) is 48.3 Å². The number of halogens is 1. The van der Waals surface area contributed by atoms with Crippen LogP contribution in [0.3, 0.4) is 0 Å². The van der Waals surface area contributed by atoms with Crippen molar-refractivity contribution in [1.29, 1.82) is 0 Å². The van der Waals surface area contributed by atoms with Gasteiger partial charge in [-0.3, -0.25) is 4.79 Å². The van der Waals surface area contributed by atoms with Crippen LogP contribution in [0.25, 0.3) is 0 Å². The number of hydrogen-bond acceptors (Lipinski definition) is 3. The lowest BCUT2D eigenvalue weighted by molar-refractivity contribution is 0.0529. The summed E-state index contributed by atoms with van der Waals surface area (Å²) in [6.07, 6.45) is 0.978. The molecule has 0 radical (unpaired) electrons. The van der Waals surface area contributed by atoms with Gasteiger partial charge in [-0.05, 0) is 32.9 Å². The summed E-state index contributed by atoms with van der Waals surface area (Å²) in [5.41, 5.74) is -0.248. The van der Waals surface area contributed by atoms with Crippen LogP contribution in [0.5, 0.6) is 0 Å². The number of rotatable bonds is 2. The van der Waals surface area contributed by atoms with Crippen LogP contribution in [0.4, 0.5) is 4.79 Å². The van der Waals surface area contributed by atoms with Gasteiger partial charge in [0, 0.05) is 6.20 Å². The number of ketones is 1. The molecule has 1 aromatic rings. The molecule has 0 aliphatic rings. The van der Waals surface area contributed by atoms with Crippen LogP contribution in [0.15, 0.2) is 18.3 Å². The van der Waals surface area contributed by atoms with Crippen molar-refractivity contribution in [2.24, 2.45) is 0 Å². The number of Topliss-reactive ketones (excluding diaryl/α,β-unsaturated/α-hetero) is 1. The third-order valence-electron chi connectivity index (χ3n) is 1.75. The Morgan fingerprint density at radius 3 is 2.56 bits per heavy atom. The maximum Gasteiger partial charge on any atom is 0.419 e. The van der Waals surface area contributed by atoms with Crippen molar-refractivity contribution in [1.82, 2.24) is 4.57 Å². The Hall–Kier alpha value is -1.10. The Kier molecular flexibility index (Phi) is 3.91. The van der Waals surface area contributed by atoms with Crippen LogP contribution >= 0.6 is 15.9 Å². The minimum absolute atomic E-state index is 0.157. The number of hydrogen-bond donors (Lipinski definition) is 0. The number of aromatic nitrogens is 1. The summed E-state index contributed by atoms with van der Waals surface area (Å²) in [7, 11) is 0. The monoisotopic (exact) mass is 287 g/mol. The van der Waals surface area contributed by atoms with Gasteiger partial charge in [-0.15, -0.1) is 0 Å². The summed E-state index contributed by atoms with van der Waals surface area (Å²) in [4.78, 5) is 23.2. The smallest absolute Gasteiger partial charge is 0.419 e. The van der Waals surface area contributed by atoms with Crippen molar-refractivity contribution in [3.05, 3.63) is 24.0 Å². The standard InChI is InChI=1S/C11H14BrNO3/c1-11(2,3)16-10(15)13-6-4-5-8(13)9(14)7-12/h4-6H,7H2,1-3H3. The molecule has 0 aliphatic heterocycles. The molecular formula is C11H14BrNO3. The number of carbonyl (C=O) groups is 2. The normalized spacial score (nSPS) is 11.2. The highest BCUT2D eigenvalue weighted by atomic mass is 79.9. The minimum Gasteiger partial charge on any atom is -0.443 e. The van der Waals surface area contributed by atoms with Gasteiger partial charge in [-0.25, -0.2) is 9.36 Å². The van der Waals surface area contributed by atoms with Crippen molar-refractivity contribution in [3.63, 3.8) is 0 Å². The fraction of sp³-hybridized carbons (Fsp3) is 0.455. The molecule has 0 aliphatic carbocycles. The number of alkyl halides is 1. The number of ether oxygens (including phenoxy) is 1. The average molecular weight is 288 g/mol. The van der Waals surface area contributed by atoms with E-state index in [9.17, 15) is 9.59 Å². The molecule has 0 aromatic carbocycles. The molecule has 0 atom stereocenters. The van der Waals surface area contributed by atoms with Gasteiger partial charge in [0.25, 0.3) is 0 Å². The first-order valence-corrected chi connectivity index (χ1v) is 5.97. The lowest BCUT2D eigenvalue weighted by Crippen LogP contribution is -2.28. The van der Waals surface area contributed by atoms with E-state index in [1.54, 1.807) is 32.9 Å². The summed E-state index contributed by atoms with van der Waals surface area (Å²) in [5.74, 6) is -0.157. The fourth-order valence-electron chi connectivity index (χ4n) is 1.15. The molecule has 16 heavy (non-hydrogen) atoms. The summed E-state index contributed by atoms with van der Waals surface area (Å²) >= 11 is 3.07. The summed E-state index contributed by atoms with van der Waals surface area (Å²) < 4.78 is 6.39. The average Bonchev–Trinajstić information content (AvgIpc) is 2.62. The first-order valence-electron chi connectivity index (χ1n) is 4.85. The van der Waals surface area contributed by atoms with E-state index in [-0.39, 0.29) is 11.1 Å². The van der Waals surface area contributed by atoms with Crippen LogP contribution in [0.2, 0.25) is 0 Å². The molecule has 1 heterocycles. The van der Waals surface area contributed by atoms with Crippen molar-refractivity contribution in [2.45, 2.75) is 26.4 Å². The van der Waals surface area contributed by atoms with E-state index >= 15 is 0 Å². The van der Waals surface area contributed by atoms with Gasteiger partial charge in [-0.2, -0.15) is 0 Å². The zero-order valence-corrected chi connectivity index (χ0v) is 11.1. The first kappa shape index (κ1) is 13.0. The molecule has 0 amide bonds. The lowest BCUT2D eigenvalue weighted by atomic mass is 10.2. The molecule has 0 saturated heterocycles. The fourth-order valence-corrected chi connectivity index (χ4v) is 1.43. The second kappa shape index (κ2) is 4.82. The zero-order chi connectivity index (χ0) is 12.3. The molecule has 0 unspecified atom stereocenters. The van der Waals surface area contributed by atoms with Crippen LogP contribution in [0, 0.1) is 0 Å². The zero-order valence-electron chi connectivity index (χ0n) is 9.49. The third kappa shape index (κ3) is 3.20. The SMILES string of the molecule is CC(C)(C)OC(=O)n1cccc1C(=O)CBr. The van der Waals surface area contributed by atoms with E-state index in [0.717, 1.165) is 0 Å². The van der Waals surface area contributed by atoms with Gasteiger partial charge in [0.1, 0.15) is 5.60 Å². The van der Waals surface area contributed by atoms with Crippen molar-refractivity contribution >= 4 is 27.8 Å². The third-order valence-corrected chi connectivity index (χ3v) is 2.26. The highest BCUT2D eigenvalue weighted by Crippen LogP contribution is 2.12. The molecule has 1 rings (SSSR count). The summed E-state index contributed by atoms with van der Waals surface area (Å²) in [6, 6.07) is 3.23. The van der Waals surface area contributed by atoms with Gasteiger partial charge < -0.3 is 4.74 Å². The molecular weight excluding hydrogens is 274 g/mol. The molecule has 0 bridgehead atoms. The highest BCUT2D eigenvalue weighted by Gasteiger charge is 2.21. The molecule has 4 nitrogen and oxygen atoms in total.